The van der Waals surface area contributed by atoms with E-state index in [0.29, 0.717) is 36.0 Å². The van der Waals surface area contributed by atoms with Crippen molar-refractivity contribution in [2.75, 3.05) is 6.61 Å². The van der Waals surface area contributed by atoms with Crippen LogP contribution in [0.5, 0.6) is 6.01 Å². The maximum atomic E-state index is 11.8. The van der Waals surface area contributed by atoms with Gasteiger partial charge in [0.2, 0.25) is 0 Å². The first-order chi connectivity index (χ1) is 16.1. The summed E-state index contributed by atoms with van der Waals surface area (Å²) in [7, 11) is 2.33. The largest absolute Gasteiger partial charge is 0.478 e. The van der Waals surface area contributed by atoms with Crippen LogP contribution < -0.4 is 9.82 Å². The van der Waals surface area contributed by atoms with Gasteiger partial charge in [0.05, 0.1) is 29.7 Å². The molecule has 0 spiro atoms. The third kappa shape index (κ3) is 4.38. The second-order valence-corrected chi connectivity index (χ2v) is 7.52. The molecule has 0 bridgehead atoms. The number of rotatable bonds is 7. The molecule has 1 unspecified atom stereocenters. The van der Waals surface area contributed by atoms with Crippen molar-refractivity contribution >= 4 is 32.2 Å². The Hall–Kier alpha value is -3.90. The Bertz CT molecular complexity index is 1330. The van der Waals surface area contributed by atoms with Gasteiger partial charge in [-0.25, -0.2) is 4.79 Å². The van der Waals surface area contributed by atoms with Crippen molar-refractivity contribution < 1.29 is 19.8 Å². The minimum atomic E-state index is -1.01. The predicted octanol–water partition coefficient (Wildman–Crippen LogP) is 4.36. The first-order valence-electron chi connectivity index (χ1n) is 10.3. The number of oxime groups is 1. The summed E-state index contributed by atoms with van der Waals surface area (Å²) in [5.74, 6) is -0.673. The lowest BCUT2D eigenvalue weighted by Gasteiger charge is -2.13. The van der Waals surface area contributed by atoms with Crippen LogP contribution in [0.2, 0.25) is 0 Å². The van der Waals surface area contributed by atoms with E-state index in [2.05, 4.69) is 24.6 Å². The van der Waals surface area contributed by atoms with Crippen LogP contribution in [0.15, 0.2) is 71.9 Å². The number of benzene rings is 3. The van der Waals surface area contributed by atoms with Gasteiger partial charge in [-0.05, 0) is 45.1 Å². The van der Waals surface area contributed by atoms with Gasteiger partial charge in [-0.1, -0.05) is 59.8 Å². The minimum Gasteiger partial charge on any atom is -0.478 e. The third-order valence-corrected chi connectivity index (χ3v) is 5.53. The number of hydrogen-bond donors (Lipinski definition) is 3. The summed E-state index contributed by atoms with van der Waals surface area (Å²) >= 11 is 0. The van der Waals surface area contributed by atoms with Crippen LogP contribution in [0, 0.1) is 0 Å². The normalized spacial score (nSPS) is 11.5. The average molecular weight is 462 g/mol. The van der Waals surface area contributed by atoms with Crippen LogP contribution in [0.4, 0.5) is 0 Å². The molecular weight excluding hydrogens is 439 g/mol. The molecule has 0 aliphatic carbocycles. The van der Waals surface area contributed by atoms with Gasteiger partial charge in [0, 0.05) is 5.56 Å². The monoisotopic (exact) mass is 462 g/mol. The van der Waals surface area contributed by atoms with E-state index in [4.69, 9.17) is 4.74 Å². The van der Waals surface area contributed by atoms with E-state index in [1.54, 1.807) is 22.8 Å². The summed E-state index contributed by atoms with van der Waals surface area (Å²) in [4.78, 5) is 16.3. The van der Waals surface area contributed by atoms with Crippen molar-refractivity contribution in [3.63, 3.8) is 0 Å². The van der Waals surface area contributed by atoms with Crippen molar-refractivity contribution in [3.8, 4) is 17.1 Å². The molecule has 0 fully saturated rings. The summed E-state index contributed by atoms with van der Waals surface area (Å²) in [6.45, 7) is 2.68. The van der Waals surface area contributed by atoms with E-state index in [0.717, 1.165) is 22.3 Å². The smallest absolute Gasteiger partial charge is 0.337 e. The number of para-hydroxylation sites is 1. The standard InChI is InChI=1S/C24H23N4O4P/c1-2-32-24-25-20-9-5-8-19(23(29)30)21(20)28(24)14-15-10-12-16(13-11-15)17-6-3-4-7-18(17)22(26-31)27-33/h3-13,31H,2,14,33H2,1H3,(H,26,27)(H,29,30). The number of carboxylic acids is 1. The summed E-state index contributed by atoms with van der Waals surface area (Å²) in [6, 6.07) is 20.9. The number of fused-ring (bicyclic) bond motifs is 1. The highest BCUT2D eigenvalue weighted by Gasteiger charge is 2.19. The lowest BCUT2D eigenvalue weighted by atomic mass is 9.98. The van der Waals surface area contributed by atoms with Gasteiger partial charge in [0.15, 0.2) is 5.84 Å². The number of carbonyl (C=O) groups is 1. The summed E-state index contributed by atoms with van der Waals surface area (Å²) in [5, 5.41) is 25.1. The molecule has 4 aromatic rings. The Morgan fingerprint density at radius 2 is 1.82 bits per heavy atom. The Morgan fingerprint density at radius 1 is 1.09 bits per heavy atom. The van der Waals surface area contributed by atoms with Crippen molar-refractivity contribution in [2.45, 2.75) is 13.5 Å². The highest BCUT2D eigenvalue weighted by Crippen LogP contribution is 2.28. The van der Waals surface area contributed by atoms with Crippen molar-refractivity contribution in [3.05, 3.63) is 83.4 Å². The molecule has 3 aromatic carbocycles. The van der Waals surface area contributed by atoms with Crippen LogP contribution >= 0.6 is 9.39 Å². The molecule has 1 heterocycles. The van der Waals surface area contributed by atoms with E-state index in [1.807, 2.05) is 55.5 Å². The molecule has 4 rings (SSSR count). The summed E-state index contributed by atoms with van der Waals surface area (Å²) in [5.41, 5.74) is 4.84. The SMILES string of the molecule is CCOc1nc2cccc(C(=O)O)c2n1Cc1ccc(-c2ccccc2/C(=N/O)NP)cc1. The van der Waals surface area contributed by atoms with E-state index in [9.17, 15) is 15.1 Å². The van der Waals surface area contributed by atoms with Gasteiger partial charge in [0.1, 0.15) is 0 Å². The van der Waals surface area contributed by atoms with Gasteiger partial charge in [0.25, 0.3) is 6.01 Å². The Kier molecular flexibility index (Phi) is 6.56. The van der Waals surface area contributed by atoms with E-state index >= 15 is 0 Å². The highest BCUT2D eigenvalue weighted by atomic mass is 31.0. The molecular formula is C24H23N4O4P. The fourth-order valence-corrected chi connectivity index (χ4v) is 4.01. The number of amidine groups is 1. The number of nitrogens with zero attached hydrogens (tertiary/aromatic N) is 3. The lowest BCUT2D eigenvalue weighted by molar-refractivity contribution is 0.0698. The highest BCUT2D eigenvalue weighted by molar-refractivity contribution is 7.15. The molecule has 168 valence electrons. The zero-order chi connectivity index (χ0) is 23.4. The van der Waals surface area contributed by atoms with Gasteiger partial charge in [-0.15, -0.1) is 0 Å². The number of hydrogen-bond acceptors (Lipinski definition) is 5. The number of aromatic carboxylic acids is 1. The molecule has 0 amide bonds. The zero-order valence-corrected chi connectivity index (χ0v) is 19.0. The van der Waals surface area contributed by atoms with E-state index in [-0.39, 0.29) is 5.56 Å². The summed E-state index contributed by atoms with van der Waals surface area (Å²) in [6.07, 6.45) is 0. The van der Waals surface area contributed by atoms with Crippen LogP contribution in [0.1, 0.15) is 28.4 Å². The fourth-order valence-electron chi connectivity index (χ4n) is 3.80. The first-order valence-corrected chi connectivity index (χ1v) is 10.9. The Labute approximate surface area is 192 Å². The molecule has 1 aromatic heterocycles. The fraction of sp³-hybridized carbons (Fsp3) is 0.125. The number of imidazole rings is 1. The molecule has 0 aliphatic rings. The van der Waals surface area contributed by atoms with E-state index in [1.165, 1.54) is 0 Å². The summed E-state index contributed by atoms with van der Waals surface area (Å²) < 4.78 is 7.49. The molecule has 9 heteroatoms. The molecule has 1 atom stereocenters. The van der Waals surface area contributed by atoms with Gasteiger partial charge in [-0.2, -0.15) is 4.98 Å². The molecule has 3 N–H and O–H groups in total. The quantitative estimate of drug-likeness (QED) is 0.124. The van der Waals surface area contributed by atoms with Crippen molar-refractivity contribution in [1.29, 1.82) is 0 Å². The molecule has 0 saturated heterocycles. The maximum absolute atomic E-state index is 11.8. The van der Waals surface area contributed by atoms with Crippen LogP contribution in [0.3, 0.4) is 0 Å². The number of aromatic nitrogens is 2. The topological polar surface area (TPSA) is 109 Å². The van der Waals surface area contributed by atoms with Gasteiger partial charge in [-0.3, -0.25) is 4.57 Å². The number of carboxylic acid groups (broad SMARTS) is 1. The second-order valence-electron chi connectivity index (χ2n) is 7.23. The van der Waals surface area contributed by atoms with Crippen LogP contribution in [-0.2, 0) is 6.54 Å². The van der Waals surface area contributed by atoms with Crippen LogP contribution in [-0.4, -0.2) is 38.3 Å². The molecule has 0 radical (unpaired) electrons. The number of ether oxygens (including phenoxy) is 1. The number of nitrogens with one attached hydrogen (secondary N) is 1. The lowest BCUT2D eigenvalue weighted by Crippen LogP contribution is -2.14. The third-order valence-electron chi connectivity index (χ3n) is 5.26. The van der Waals surface area contributed by atoms with Crippen LogP contribution in [0.25, 0.3) is 22.2 Å². The van der Waals surface area contributed by atoms with Crippen molar-refractivity contribution in [2.24, 2.45) is 5.16 Å². The van der Waals surface area contributed by atoms with Crippen molar-refractivity contribution in [1.82, 2.24) is 14.6 Å². The maximum Gasteiger partial charge on any atom is 0.337 e. The second kappa shape index (κ2) is 9.71. The van der Waals surface area contributed by atoms with E-state index < -0.39 is 5.97 Å². The van der Waals surface area contributed by atoms with Gasteiger partial charge >= 0.3 is 5.97 Å². The zero-order valence-electron chi connectivity index (χ0n) is 17.9. The molecule has 0 saturated carbocycles. The Balaban J connectivity index is 1.73. The predicted molar refractivity (Wildman–Crippen MR) is 130 cm³/mol. The molecule has 33 heavy (non-hydrogen) atoms. The average Bonchev–Trinajstić information content (AvgIpc) is 3.18. The molecule has 0 aliphatic heterocycles. The van der Waals surface area contributed by atoms with Gasteiger partial charge < -0.3 is 20.1 Å². The Morgan fingerprint density at radius 3 is 2.48 bits per heavy atom. The first kappa shape index (κ1) is 22.3. The minimum absolute atomic E-state index is 0.178. The molecule has 8 nitrogen and oxygen atoms in total.